The number of benzene rings is 3. The first-order valence-corrected chi connectivity index (χ1v) is 9.83. The van der Waals surface area contributed by atoms with Gasteiger partial charge >= 0.3 is 5.97 Å². The Bertz CT molecular complexity index is 1080. The molecular formula is C20H16ClNO4S. The number of para-hydroxylation sites is 1. The summed E-state index contributed by atoms with van der Waals surface area (Å²) in [6.45, 7) is 0. The lowest BCUT2D eigenvalue weighted by Crippen LogP contribution is -2.15. The molecule has 3 aromatic carbocycles. The van der Waals surface area contributed by atoms with E-state index in [0.717, 1.165) is 11.1 Å². The fraction of sp³-hybridized carbons (Fsp3) is 0.0500. The fourth-order valence-corrected chi connectivity index (χ4v) is 3.88. The first kappa shape index (κ1) is 18.9. The Morgan fingerprint density at radius 1 is 0.963 bits per heavy atom. The number of hydrogen-bond donors (Lipinski definition) is 1. The molecule has 0 spiro atoms. The second kappa shape index (κ2) is 7.82. The number of esters is 1. The van der Waals surface area contributed by atoms with Crippen molar-refractivity contribution < 1.29 is 17.9 Å². The Morgan fingerprint density at radius 3 is 2.33 bits per heavy atom. The molecule has 27 heavy (non-hydrogen) atoms. The normalized spacial score (nSPS) is 11.0. The van der Waals surface area contributed by atoms with E-state index in [2.05, 4.69) is 9.46 Å². The van der Waals surface area contributed by atoms with Crippen molar-refractivity contribution in [2.24, 2.45) is 0 Å². The van der Waals surface area contributed by atoms with Gasteiger partial charge < -0.3 is 4.74 Å². The summed E-state index contributed by atoms with van der Waals surface area (Å²) in [5, 5.41) is 0.116. The zero-order valence-electron chi connectivity index (χ0n) is 14.3. The smallest absolute Gasteiger partial charge is 0.339 e. The number of anilines is 1. The van der Waals surface area contributed by atoms with Crippen molar-refractivity contribution in [3.05, 3.63) is 83.4 Å². The minimum atomic E-state index is -3.94. The molecule has 0 atom stereocenters. The highest BCUT2D eigenvalue weighted by Crippen LogP contribution is 2.30. The molecule has 0 saturated carbocycles. The molecule has 0 bridgehead atoms. The van der Waals surface area contributed by atoms with Crippen molar-refractivity contribution in [3.63, 3.8) is 0 Å². The second-order valence-electron chi connectivity index (χ2n) is 5.65. The highest BCUT2D eigenvalue weighted by Gasteiger charge is 2.20. The van der Waals surface area contributed by atoms with Crippen molar-refractivity contribution in [2.45, 2.75) is 4.90 Å². The summed E-state index contributed by atoms with van der Waals surface area (Å²) in [6, 6.07) is 20.4. The van der Waals surface area contributed by atoms with Crippen LogP contribution < -0.4 is 4.72 Å². The molecule has 3 rings (SSSR count). The highest BCUT2D eigenvalue weighted by molar-refractivity contribution is 7.92. The van der Waals surface area contributed by atoms with Crippen LogP contribution >= 0.6 is 11.6 Å². The number of sulfonamides is 1. The molecule has 0 unspecified atom stereocenters. The summed E-state index contributed by atoms with van der Waals surface area (Å²) in [5.41, 5.74) is 2.03. The number of rotatable bonds is 5. The van der Waals surface area contributed by atoms with Gasteiger partial charge in [0.1, 0.15) is 0 Å². The average Bonchev–Trinajstić information content (AvgIpc) is 2.68. The van der Waals surface area contributed by atoms with Gasteiger partial charge in [-0.25, -0.2) is 13.2 Å². The van der Waals surface area contributed by atoms with Crippen LogP contribution in [0, 0.1) is 0 Å². The van der Waals surface area contributed by atoms with Crippen LogP contribution in [0.15, 0.2) is 77.7 Å². The summed E-state index contributed by atoms with van der Waals surface area (Å²) in [5.74, 6) is -0.707. The third-order valence-corrected chi connectivity index (χ3v) is 5.60. The van der Waals surface area contributed by atoms with Crippen LogP contribution in [0.2, 0.25) is 5.02 Å². The third-order valence-electron chi connectivity index (χ3n) is 3.91. The van der Waals surface area contributed by atoms with Crippen LogP contribution in [-0.2, 0) is 14.8 Å². The largest absolute Gasteiger partial charge is 0.465 e. The molecule has 3 aromatic rings. The van der Waals surface area contributed by atoms with Gasteiger partial charge in [0, 0.05) is 5.56 Å². The summed E-state index contributed by atoms with van der Waals surface area (Å²) in [4.78, 5) is 11.7. The Hall–Kier alpha value is -2.83. The maximum Gasteiger partial charge on any atom is 0.339 e. The predicted octanol–water partition coefficient (Wildman–Crippen LogP) is 4.59. The van der Waals surface area contributed by atoms with Gasteiger partial charge in [-0.2, -0.15) is 0 Å². The van der Waals surface area contributed by atoms with Crippen LogP contribution in [0.1, 0.15) is 10.4 Å². The molecule has 0 fully saturated rings. The van der Waals surface area contributed by atoms with E-state index < -0.39 is 16.0 Å². The lowest BCUT2D eigenvalue weighted by molar-refractivity contribution is 0.0600. The Kier molecular flexibility index (Phi) is 5.48. The van der Waals surface area contributed by atoms with E-state index in [0.29, 0.717) is 5.69 Å². The summed E-state index contributed by atoms with van der Waals surface area (Å²) in [7, 11) is -2.74. The van der Waals surface area contributed by atoms with Crippen LogP contribution in [-0.4, -0.2) is 21.5 Å². The fourth-order valence-electron chi connectivity index (χ4n) is 2.58. The van der Waals surface area contributed by atoms with Gasteiger partial charge in [0.25, 0.3) is 10.0 Å². The standard InChI is InChI=1S/C20H16ClNO4S/c1-26-20(23)17-13-15(11-12-18(17)21)27(24,25)22-19-10-6-5-9-16(19)14-7-3-2-4-8-14/h2-13,22H,1H3. The number of halogens is 1. The molecule has 0 heterocycles. The number of carbonyl (C=O) groups excluding carboxylic acids is 1. The zero-order chi connectivity index (χ0) is 19.4. The molecule has 0 aliphatic heterocycles. The molecule has 0 aliphatic rings. The Balaban J connectivity index is 2.01. The number of hydrogen-bond acceptors (Lipinski definition) is 4. The topological polar surface area (TPSA) is 72.5 Å². The molecular weight excluding hydrogens is 386 g/mol. The van der Waals surface area contributed by atoms with Crippen molar-refractivity contribution in [1.29, 1.82) is 0 Å². The lowest BCUT2D eigenvalue weighted by Gasteiger charge is -2.13. The maximum atomic E-state index is 12.9. The number of methoxy groups -OCH3 is 1. The molecule has 5 nitrogen and oxygen atoms in total. The van der Waals surface area contributed by atoms with E-state index in [1.165, 1.54) is 25.3 Å². The molecule has 1 N–H and O–H groups in total. The molecule has 0 saturated heterocycles. The van der Waals surface area contributed by atoms with Gasteiger partial charge in [0.05, 0.1) is 28.3 Å². The van der Waals surface area contributed by atoms with Gasteiger partial charge in [-0.15, -0.1) is 0 Å². The third kappa shape index (κ3) is 4.13. The van der Waals surface area contributed by atoms with Crippen LogP contribution in [0.5, 0.6) is 0 Å². The van der Waals surface area contributed by atoms with Gasteiger partial charge in [-0.1, -0.05) is 60.1 Å². The molecule has 0 aromatic heterocycles. The number of nitrogens with one attached hydrogen (secondary N) is 1. The summed E-state index contributed by atoms with van der Waals surface area (Å²) >= 11 is 5.97. The Labute approximate surface area is 162 Å². The van der Waals surface area contributed by atoms with Crippen molar-refractivity contribution in [2.75, 3.05) is 11.8 Å². The minimum absolute atomic E-state index is 0.0154. The van der Waals surface area contributed by atoms with Gasteiger partial charge in [-0.05, 0) is 29.8 Å². The molecule has 0 amide bonds. The molecule has 0 radical (unpaired) electrons. The lowest BCUT2D eigenvalue weighted by atomic mass is 10.0. The van der Waals surface area contributed by atoms with Crippen molar-refractivity contribution in [3.8, 4) is 11.1 Å². The van der Waals surface area contributed by atoms with E-state index in [4.69, 9.17) is 11.6 Å². The highest BCUT2D eigenvalue weighted by atomic mass is 35.5. The van der Waals surface area contributed by atoms with Gasteiger partial charge in [0.2, 0.25) is 0 Å². The molecule has 138 valence electrons. The zero-order valence-corrected chi connectivity index (χ0v) is 15.9. The monoisotopic (exact) mass is 401 g/mol. The second-order valence-corrected chi connectivity index (χ2v) is 7.74. The Morgan fingerprint density at radius 2 is 1.63 bits per heavy atom. The van der Waals surface area contributed by atoms with E-state index >= 15 is 0 Å². The van der Waals surface area contributed by atoms with E-state index in [9.17, 15) is 13.2 Å². The maximum absolute atomic E-state index is 12.9. The SMILES string of the molecule is COC(=O)c1cc(S(=O)(=O)Nc2ccccc2-c2ccccc2)ccc1Cl. The van der Waals surface area contributed by atoms with E-state index in [1.807, 2.05) is 42.5 Å². The minimum Gasteiger partial charge on any atom is -0.465 e. The summed E-state index contributed by atoms with van der Waals surface area (Å²) < 4.78 is 32.9. The average molecular weight is 402 g/mol. The number of ether oxygens (including phenoxy) is 1. The van der Waals surface area contributed by atoms with Crippen molar-refractivity contribution in [1.82, 2.24) is 0 Å². The van der Waals surface area contributed by atoms with Crippen molar-refractivity contribution >= 4 is 33.3 Å². The van der Waals surface area contributed by atoms with Gasteiger partial charge in [-0.3, -0.25) is 4.72 Å². The van der Waals surface area contributed by atoms with Crippen LogP contribution in [0.3, 0.4) is 0 Å². The van der Waals surface area contributed by atoms with Gasteiger partial charge in [0.15, 0.2) is 0 Å². The van der Waals surface area contributed by atoms with E-state index in [1.54, 1.807) is 12.1 Å². The number of carbonyl (C=O) groups is 1. The van der Waals surface area contributed by atoms with Crippen LogP contribution in [0.4, 0.5) is 5.69 Å². The first-order chi connectivity index (χ1) is 12.9. The molecule has 7 heteroatoms. The van der Waals surface area contributed by atoms with E-state index in [-0.39, 0.29) is 15.5 Å². The first-order valence-electron chi connectivity index (χ1n) is 7.97. The quantitative estimate of drug-likeness (QED) is 0.634. The van der Waals surface area contributed by atoms with Crippen LogP contribution in [0.25, 0.3) is 11.1 Å². The predicted molar refractivity (Wildman–Crippen MR) is 105 cm³/mol. The molecule has 0 aliphatic carbocycles. The summed E-state index contributed by atoms with van der Waals surface area (Å²) in [6.07, 6.45) is 0.